The average molecular weight is 257 g/mol. The Hall–Kier alpha value is -1.79. The van der Waals surface area contributed by atoms with Crippen LogP contribution >= 0.6 is 0 Å². The first-order valence-corrected chi connectivity index (χ1v) is 6.81. The lowest BCUT2D eigenvalue weighted by molar-refractivity contribution is -0.118. The second-order valence-electron chi connectivity index (χ2n) is 4.68. The standard InChI is InChI=1S/C16H19NO2/c18-13-5-3-6-14-8-10-15(11-9-14)17-12-4-1-2-7-16(17)19/h8-11,18H,1-2,4-5,7,12-13H2. The van der Waals surface area contributed by atoms with Crippen molar-refractivity contribution in [3.05, 3.63) is 29.8 Å². The van der Waals surface area contributed by atoms with Crippen LogP contribution in [0.25, 0.3) is 0 Å². The van der Waals surface area contributed by atoms with Gasteiger partial charge in [0.25, 0.3) is 0 Å². The highest BCUT2D eigenvalue weighted by Gasteiger charge is 2.17. The van der Waals surface area contributed by atoms with Crippen LogP contribution in [0.1, 0.15) is 37.7 Å². The first-order valence-electron chi connectivity index (χ1n) is 6.81. The molecular formula is C16H19NO2. The lowest BCUT2D eigenvalue weighted by atomic mass is 10.2. The van der Waals surface area contributed by atoms with E-state index in [4.69, 9.17) is 5.11 Å². The molecule has 0 saturated carbocycles. The van der Waals surface area contributed by atoms with Crippen LogP contribution in [0, 0.1) is 11.8 Å². The number of anilines is 1. The van der Waals surface area contributed by atoms with E-state index >= 15 is 0 Å². The minimum absolute atomic E-state index is 0.0906. The van der Waals surface area contributed by atoms with E-state index in [0.717, 1.165) is 37.1 Å². The highest BCUT2D eigenvalue weighted by Crippen LogP contribution is 2.20. The zero-order valence-corrected chi connectivity index (χ0v) is 11.1. The summed E-state index contributed by atoms with van der Waals surface area (Å²) < 4.78 is 0. The molecule has 1 aromatic rings. The molecule has 0 unspecified atom stereocenters. The number of nitrogens with zero attached hydrogens (tertiary/aromatic N) is 1. The monoisotopic (exact) mass is 257 g/mol. The fourth-order valence-electron chi connectivity index (χ4n) is 2.20. The molecule has 3 heteroatoms. The number of aliphatic hydroxyl groups excluding tert-OH is 1. The predicted molar refractivity (Wildman–Crippen MR) is 75.8 cm³/mol. The molecule has 1 saturated heterocycles. The van der Waals surface area contributed by atoms with Crippen LogP contribution in [-0.4, -0.2) is 24.2 Å². The Labute approximate surface area is 114 Å². The molecule has 100 valence electrons. The lowest BCUT2D eigenvalue weighted by Gasteiger charge is -2.20. The van der Waals surface area contributed by atoms with Gasteiger partial charge in [0.15, 0.2) is 0 Å². The van der Waals surface area contributed by atoms with Crippen LogP contribution in [0.15, 0.2) is 24.3 Å². The number of carbonyl (C=O) groups is 1. The van der Waals surface area contributed by atoms with Crippen LogP contribution in [0.2, 0.25) is 0 Å². The first-order chi connectivity index (χ1) is 9.31. The van der Waals surface area contributed by atoms with Gasteiger partial charge in [-0.1, -0.05) is 18.3 Å². The second kappa shape index (κ2) is 6.96. The van der Waals surface area contributed by atoms with E-state index in [0.29, 0.717) is 12.8 Å². The van der Waals surface area contributed by atoms with Gasteiger partial charge in [0, 0.05) is 30.6 Å². The number of aliphatic hydroxyl groups is 1. The summed E-state index contributed by atoms with van der Waals surface area (Å²) in [5.41, 5.74) is 1.87. The van der Waals surface area contributed by atoms with Gasteiger partial charge in [-0.3, -0.25) is 4.79 Å². The molecule has 0 spiro atoms. The highest BCUT2D eigenvalue weighted by molar-refractivity contribution is 5.93. The summed E-state index contributed by atoms with van der Waals surface area (Å²) in [7, 11) is 0. The maximum atomic E-state index is 12.0. The molecule has 1 fully saturated rings. The molecular weight excluding hydrogens is 238 g/mol. The highest BCUT2D eigenvalue weighted by atomic mass is 16.2. The summed E-state index contributed by atoms with van der Waals surface area (Å²) in [6.45, 7) is 0.904. The molecule has 3 nitrogen and oxygen atoms in total. The summed E-state index contributed by atoms with van der Waals surface area (Å²) in [6.07, 6.45) is 4.35. The van der Waals surface area contributed by atoms with Crippen molar-refractivity contribution in [1.29, 1.82) is 0 Å². The van der Waals surface area contributed by atoms with Gasteiger partial charge in [0.1, 0.15) is 0 Å². The molecule has 19 heavy (non-hydrogen) atoms. The number of hydrogen-bond donors (Lipinski definition) is 1. The zero-order chi connectivity index (χ0) is 13.5. The molecule has 2 rings (SSSR count). The average Bonchev–Trinajstić information content (AvgIpc) is 2.65. The van der Waals surface area contributed by atoms with Gasteiger partial charge in [-0.25, -0.2) is 0 Å². The van der Waals surface area contributed by atoms with Crippen molar-refractivity contribution in [2.24, 2.45) is 0 Å². The number of benzene rings is 1. The minimum atomic E-state index is 0.0906. The molecule has 1 aliphatic rings. The van der Waals surface area contributed by atoms with E-state index in [-0.39, 0.29) is 12.5 Å². The van der Waals surface area contributed by atoms with Crippen LogP contribution in [0.3, 0.4) is 0 Å². The topological polar surface area (TPSA) is 40.5 Å². The van der Waals surface area contributed by atoms with Gasteiger partial charge in [-0.2, -0.15) is 0 Å². The van der Waals surface area contributed by atoms with Crippen molar-refractivity contribution in [2.45, 2.75) is 32.1 Å². The van der Waals surface area contributed by atoms with E-state index in [2.05, 4.69) is 11.8 Å². The van der Waals surface area contributed by atoms with Crippen molar-refractivity contribution >= 4 is 11.6 Å². The predicted octanol–water partition coefficient (Wildman–Crippen LogP) is 2.33. The Balaban J connectivity index is 2.09. The fourth-order valence-corrected chi connectivity index (χ4v) is 2.20. The fraction of sp³-hybridized carbons (Fsp3) is 0.438. The van der Waals surface area contributed by atoms with E-state index in [1.165, 1.54) is 0 Å². The van der Waals surface area contributed by atoms with E-state index in [1.54, 1.807) is 0 Å². The molecule has 0 atom stereocenters. The van der Waals surface area contributed by atoms with Crippen LogP contribution < -0.4 is 4.90 Å². The van der Waals surface area contributed by atoms with Gasteiger partial charge < -0.3 is 10.0 Å². The second-order valence-corrected chi connectivity index (χ2v) is 4.68. The van der Waals surface area contributed by atoms with Gasteiger partial charge in [-0.15, -0.1) is 0 Å². The third kappa shape index (κ3) is 3.84. The summed E-state index contributed by atoms with van der Waals surface area (Å²) >= 11 is 0. The normalized spacial score (nSPS) is 15.6. The number of carbonyl (C=O) groups excluding carboxylic acids is 1. The Morgan fingerprint density at radius 2 is 1.95 bits per heavy atom. The lowest BCUT2D eigenvalue weighted by Crippen LogP contribution is -2.29. The van der Waals surface area contributed by atoms with Crippen LogP contribution in [-0.2, 0) is 4.79 Å². The Morgan fingerprint density at radius 3 is 2.68 bits per heavy atom. The largest absolute Gasteiger partial charge is 0.395 e. The molecule has 0 aliphatic carbocycles. The Kier molecular flexibility index (Phi) is 5.00. The quantitative estimate of drug-likeness (QED) is 0.826. The van der Waals surface area contributed by atoms with Crippen molar-refractivity contribution in [3.8, 4) is 11.8 Å². The summed E-state index contributed by atoms with van der Waals surface area (Å²) in [4.78, 5) is 13.9. The summed E-state index contributed by atoms with van der Waals surface area (Å²) in [5, 5.41) is 8.67. The molecule has 0 aromatic heterocycles. The number of rotatable bonds is 2. The Bertz CT molecular complexity index is 482. The molecule has 1 aromatic carbocycles. The van der Waals surface area contributed by atoms with Crippen LogP contribution in [0.5, 0.6) is 0 Å². The SMILES string of the molecule is O=C1CCCCCN1c1ccc(C#CCCO)cc1. The maximum absolute atomic E-state index is 12.0. The molecule has 1 N–H and O–H groups in total. The third-order valence-electron chi connectivity index (χ3n) is 3.22. The summed E-state index contributed by atoms with van der Waals surface area (Å²) in [5.74, 6) is 6.09. The van der Waals surface area contributed by atoms with E-state index in [1.807, 2.05) is 29.2 Å². The van der Waals surface area contributed by atoms with E-state index in [9.17, 15) is 4.79 Å². The molecule has 0 bridgehead atoms. The molecule has 1 amide bonds. The van der Waals surface area contributed by atoms with Gasteiger partial charge in [-0.05, 0) is 37.1 Å². The minimum Gasteiger partial charge on any atom is -0.395 e. The van der Waals surface area contributed by atoms with Crippen molar-refractivity contribution in [3.63, 3.8) is 0 Å². The smallest absolute Gasteiger partial charge is 0.226 e. The van der Waals surface area contributed by atoms with Crippen molar-refractivity contribution in [1.82, 2.24) is 0 Å². The number of hydrogen-bond acceptors (Lipinski definition) is 2. The van der Waals surface area contributed by atoms with Gasteiger partial charge in [0.2, 0.25) is 5.91 Å². The number of amides is 1. The Morgan fingerprint density at radius 1 is 1.16 bits per heavy atom. The molecule has 1 heterocycles. The maximum Gasteiger partial charge on any atom is 0.226 e. The molecule has 1 aliphatic heterocycles. The van der Waals surface area contributed by atoms with Crippen molar-refractivity contribution in [2.75, 3.05) is 18.1 Å². The zero-order valence-electron chi connectivity index (χ0n) is 11.1. The van der Waals surface area contributed by atoms with Crippen LogP contribution in [0.4, 0.5) is 5.69 Å². The molecule has 0 radical (unpaired) electrons. The van der Waals surface area contributed by atoms with Gasteiger partial charge in [0.05, 0.1) is 6.61 Å². The summed E-state index contributed by atoms with van der Waals surface area (Å²) in [6, 6.07) is 7.76. The first kappa shape index (κ1) is 13.6. The van der Waals surface area contributed by atoms with E-state index < -0.39 is 0 Å². The van der Waals surface area contributed by atoms with Gasteiger partial charge >= 0.3 is 0 Å². The van der Waals surface area contributed by atoms with Crippen molar-refractivity contribution < 1.29 is 9.90 Å². The third-order valence-corrected chi connectivity index (χ3v) is 3.22.